The molecule has 1 fully saturated rings. The molecule has 0 unspecified atom stereocenters. The molecule has 0 radical (unpaired) electrons. The van der Waals surface area contributed by atoms with Crippen LogP contribution in [0.1, 0.15) is 42.7 Å². The van der Waals surface area contributed by atoms with E-state index >= 15 is 0 Å². The standard InChI is InChI=1S/C17H20N4O2/c22-17(23)11-3-1-10(2-4-11)12-5-14-15(13-7-20-21-8-13)9-19-16(14)18-6-12/h5-11,17,22-23H,1-4H2,(H,18,19)(H,20,21)/p+1. The van der Waals surface area contributed by atoms with Gasteiger partial charge in [0.2, 0.25) is 0 Å². The Kier molecular flexibility index (Phi) is 3.72. The van der Waals surface area contributed by atoms with Crippen molar-refractivity contribution in [1.82, 2.24) is 9.97 Å². The Bertz CT molecular complexity index is 770. The van der Waals surface area contributed by atoms with Crippen LogP contribution in [0.25, 0.3) is 16.6 Å². The fraction of sp³-hybridized carbons (Fsp3) is 0.412. The van der Waals surface area contributed by atoms with Gasteiger partial charge in [-0.1, -0.05) is 5.10 Å². The number of nitrogens with two attached hydrogens (primary N) is 1. The normalized spacial score (nSPS) is 24.6. The number of aromatic amines is 1. The number of rotatable bonds is 3. The van der Waals surface area contributed by atoms with Gasteiger partial charge in [0.15, 0.2) is 6.29 Å². The second kappa shape index (κ2) is 5.88. The minimum atomic E-state index is -1.18. The summed E-state index contributed by atoms with van der Waals surface area (Å²) in [5, 5.41) is 23.9. The molecule has 2 aliphatic rings. The molecule has 120 valence electrons. The molecule has 4 rings (SSSR count). The number of nitrogens with one attached hydrogen (secondary N) is 1. The average Bonchev–Trinajstić information content (AvgIpc) is 3.23. The van der Waals surface area contributed by atoms with Crippen molar-refractivity contribution in [2.45, 2.75) is 37.9 Å². The molecule has 1 saturated carbocycles. The quantitative estimate of drug-likeness (QED) is 0.503. The van der Waals surface area contributed by atoms with E-state index in [0.717, 1.165) is 47.9 Å². The number of fused-ring (bicyclic) bond motifs is 1. The van der Waals surface area contributed by atoms with Gasteiger partial charge in [0.05, 0.1) is 11.8 Å². The SMILES string of the molecule is OC(O)C1CCC(c2cnc3[nH]cc(C4=C[NH2+]N=C4)c3c2)CC1. The molecule has 2 aromatic heterocycles. The summed E-state index contributed by atoms with van der Waals surface area (Å²) in [6.45, 7) is 0. The lowest BCUT2D eigenvalue weighted by molar-refractivity contribution is -0.589. The van der Waals surface area contributed by atoms with Crippen molar-refractivity contribution in [3.8, 4) is 0 Å². The van der Waals surface area contributed by atoms with Gasteiger partial charge >= 0.3 is 0 Å². The molecule has 0 amide bonds. The number of aromatic nitrogens is 2. The molecule has 5 N–H and O–H groups in total. The minimum Gasteiger partial charge on any atom is -0.368 e. The first-order valence-electron chi connectivity index (χ1n) is 8.12. The maximum atomic E-state index is 9.32. The molecular formula is C17H21N4O2+. The highest BCUT2D eigenvalue weighted by atomic mass is 16.5. The van der Waals surface area contributed by atoms with Gasteiger partial charge in [-0.3, -0.25) is 0 Å². The summed E-state index contributed by atoms with van der Waals surface area (Å²) in [6.07, 6.45) is 10.3. The van der Waals surface area contributed by atoms with Crippen LogP contribution < -0.4 is 5.43 Å². The van der Waals surface area contributed by atoms with Crippen LogP contribution in [0.2, 0.25) is 0 Å². The van der Waals surface area contributed by atoms with Gasteiger partial charge in [0, 0.05) is 29.3 Å². The second-order valence-corrected chi connectivity index (χ2v) is 6.44. The zero-order valence-corrected chi connectivity index (χ0v) is 12.8. The number of H-pyrrole nitrogens is 1. The van der Waals surface area contributed by atoms with Gasteiger partial charge in [-0.05, 0) is 43.2 Å². The molecule has 3 heterocycles. The lowest BCUT2D eigenvalue weighted by Crippen LogP contribution is -2.69. The zero-order valence-electron chi connectivity index (χ0n) is 12.8. The van der Waals surface area contributed by atoms with Crippen LogP contribution in [0.5, 0.6) is 0 Å². The first kappa shape index (κ1) is 14.6. The number of allylic oxidation sites excluding steroid dienone is 1. The number of hydrogen-bond acceptors (Lipinski definition) is 4. The van der Waals surface area contributed by atoms with Gasteiger partial charge < -0.3 is 15.2 Å². The fourth-order valence-electron chi connectivity index (χ4n) is 3.68. The number of nitrogens with zero attached hydrogens (tertiary/aromatic N) is 2. The monoisotopic (exact) mass is 313 g/mol. The Hall–Kier alpha value is -2.02. The Balaban J connectivity index is 1.61. The van der Waals surface area contributed by atoms with Crippen molar-refractivity contribution in [3.05, 3.63) is 35.8 Å². The molecule has 0 aromatic carbocycles. The molecule has 0 atom stereocenters. The third-order valence-electron chi connectivity index (χ3n) is 5.08. The van der Waals surface area contributed by atoms with E-state index in [1.807, 2.05) is 24.8 Å². The molecule has 0 saturated heterocycles. The van der Waals surface area contributed by atoms with Crippen molar-refractivity contribution < 1.29 is 15.6 Å². The number of quaternary nitrogens is 1. The van der Waals surface area contributed by atoms with Crippen LogP contribution >= 0.6 is 0 Å². The van der Waals surface area contributed by atoms with Gasteiger partial charge in [-0.15, -0.1) is 0 Å². The minimum absolute atomic E-state index is 0.0150. The van der Waals surface area contributed by atoms with E-state index in [2.05, 4.69) is 21.1 Å². The van der Waals surface area contributed by atoms with Gasteiger partial charge in [-0.25, -0.2) is 4.98 Å². The maximum absolute atomic E-state index is 9.32. The van der Waals surface area contributed by atoms with Crippen LogP contribution in [0.3, 0.4) is 0 Å². The van der Waals surface area contributed by atoms with Crippen molar-refractivity contribution in [2.24, 2.45) is 11.0 Å². The molecule has 2 aromatic rings. The Morgan fingerprint density at radius 2 is 2.04 bits per heavy atom. The average molecular weight is 313 g/mol. The lowest BCUT2D eigenvalue weighted by atomic mass is 9.78. The van der Waals surface area contributed by atoms with E-state index in [0.29, 0.717) is 5.92 Å². The molecule has 0 bridgehead atoms. The number of aliphatic hydroxyl groups is 2. The van der Waals surface area contributed by atoms with Crippen LogP contribution in [0.4, 0.5) is 0 Å². The summed E-state index contributed by atoms with van der Waals surface area (Å²) in [6, 6.07) is 2.22. The van der Waals surface area contributed by atoms with Gasteiger partial charge in [0.25, 0.3) is 0 Å². The van der Waals surface area contributed by atoms with Crippen LogP contribution in [0, 0.1) is 5.92 Å². The van der Waals surface area contributed by atoms with Crippen molar-refractivity contribution in [2.75, 3.05) is 0 Å². The third kappa shape index (κ3) is 2.69. The summed E-state index contributed by atoms with van der Waals surface area (Å²) in [5.74, 6) is 0.462. The molecule has 23 heavy (non-hydrogen) atoms. The highest BCUT2D eigenvalue weighted by molar-refractivity contribution is 6.14. The summed E-state index contributed by atoms with van der Waals surface area (Å²) in [7, 11) is 0. The molecular weight excluding hydrogens is 292 g/mol. The first-order valence-corrected chi connectivity index (χ1v) is 8.12. The van der Waals surface area contributed by atoms with E-state index in [9.17, 15) is 10.2 Å². The molecule has 6 nitrogen and oxygen atoms in total. The highest BCUT2D eigenvalue weighted by Crippen LogP contribution is 2.37. The van der Waals surface area contributed by atoms with Gasteiger partial charge in [0.1, 0.15) is 11.8 Å². The Morgan fingerprint density at radius 3 is 2.74 bits per heavy atom. The van der Waals surface area contributed by atoms with Crippen LogP contribution in [-0.4, -0.2) is 32.7 Å². The van der Waals surface area contributed by atoms with Gasteiger partial charge in [-0.2, -0.15) is 5.43 Å². The van der Waals surface area contributed by atoms with Crippen molar-refractivity contribution in [3.63, 3.8) is 0 Å². The number of aliphatic hydroxyl groups excluding tert-OH is 1. The number of hydrogen-bond donors (Lipinski definition) is 4. The van der Waals surface area contributed by atoms with E-state index < -0.39 is 6.29 Å². The maximum Gasteiger partial charge on any atom is 0.154 e. The predicted molar refractivity (Wildman–Crippen MR) is 87.4 cm³/mol. The van der Waals surface area contributed by atoms with Crippen LogP contribution in [0.15, 0.2) is 29.8 Å². The predicted octanol–water partition coefficient (Wildman–Crippen LogP) is 1.05. The largest absolute Gasteiger partial charge is 0.368 e. The second-order valence-electron chi connectivity index (χ2n) is 6.44. The fourth-order valence-corrected chi connectivity index (χ4v) is 3.68. The molecule has 6 heteroatoms. The van der Waals surface area contributed by atoms with E-state index in [4.69, 9.17) is 0 Å². The summed E-state index contributed by atoms with van der Waals surface area (Å²) in [4.78, 5) is 7.79. The number of pyridine rings is 1. The van der Waals surface area contributed by atoms with E-state index in [1.165, 1.54) is 5.56 Å². The topological polar surface area (TPSA) is 98.1 Å². The first-order chi connectivity index (χ1) is 11.2. The Morgan fingerprint density at radius 1 is 1.22 bits per heavy atom. The zero-order chi connectivity index (χ0) is 15.8. The summed E-state index contributed by atoms with van der Waals surface area (Å²) >= 11 is 0. The summed E-state index contributed by atoms with van der Waals surface area (Å²) in [5.41, 5.74) is 6.16. The van der Waals surface area contributed by atoms with Crippen molar-refractivity contribution >= 4 is 22.8 Å². The molecule has 1 aliphatic heterocycles. The van der Waals surface area contributed by atoms with E-state index in [1.54, 1.807) is 5.43 Å². The summed E-state index contributed by atoms with van der Waals surface area (Å²) < 4.78 is 0. The van der Waals surface area contributed by atoms with E-state index in [-0.39, 0.29) is 5.92 Å². The third-order valence-corrected chi connectivity index (χ3v) is 5.08. The lowest BCUT2D eigenvalue weighted by Gasteiger charge is -2.29. The molecule has 1 aliphatic carbocycles. The highest BCUT2D eigenvalue weighted by Gasteiger charge is 2.26. The smallest absolute Gasteiger partial charge is 0.154 e. The Labute approximate surface area is 133 Å². The molecule has 0 spiro atoms. The van der Waals surface area contributed by atoms with Crippen molar-refractivity contribution in [1.29, 1.82) is 0 Å². The van der Waals surface area contributed by atoms with Crippen LogP contribution in [-0.2, 0) is 0 Å².